The molecule has 4 heteroatoms. The van der Waals surface area contributed by atoms with E-state index in [9.17, 15) is 0 Å². The molecule has 1 unspecified atom stereocenters. The van der Waals surface area contributed by atoms with Crippen LogP contribution in [0.1, 0.15) is 22.7 Å². The predicted molar refractivity (Wildman–Crippen MR) is 85.1 cm³/mol. The van der Waals surface area contributed by atoms with Crippen LogP contribution in [0.5, 0.6) is 5.75 Å². The molecule has 0 aliphatic carbocycles. The molecule has 0 fully saturated rings. The number of hydrogen-bond donors (Lipinski definition) is 2. The average molecular weight is 288 g/mol. The van der Waals surface area contributed by atoms with Crippen LogP contribution in [0.25, 0.3) is 0 Å². The number of nitrogens with two attached hydrogens (primary N) is 1. The van der Waals surface area contributed by atoms with E-state index < -0.39 is 0 Å². The van der Waals surface area contributed by atoms with Crippen molar-refractivity contribution in [1.29, 1.82) is 0 Å². The summed E-state index contributed by atoms with van der Waals surface area (Å²) in [4.78, 5) is 1.23. The van der Waals surface area contributed by atoms with Gasteiger partial charge in [-0.15, -0.1) is 11.8 Å². The fraction of sp³-hybridized carbons (Fsp3) is 0.250. The van der Waals surface area contributed by atoms with Gasteiger partial charge in [-0.25, -0.2) is 5.43 Å². The third-order valence-electron chi connectivity index (χ3n) is 3.40. The summed E-state index contributed by atoms with van der Waals surface area (Å²) in [5.74, 6) is 6.67. The maximum atomic E-state index is 5.81. The molecule has 3 nitrogen and oxygen atoms in total. The second-order valence-corrected chi connectivity index (χ2v) is 5.41. The highest BCUT2D eigenvalue weighted by atomic mass is 32.2. The molecule has 0 spiro atoms. The van der Waals surface area contributed by atoms with Gasteiger partial charge in [-0.2, -0.15) is 0 Å². The highest BCUT2D eigenvalue weighted by molar-refractivity contribution is 7.98. The molecule has 106 valence electrons. The first-order chi connectivity index (χ1) is 9.71. The van der Waals surface area contributed by atoms with E-state index in [2.05, 4.69) is 36.8 Å². The highest BCUT2D eigenvalue weighted by Crippen LogP contribution is 2.32. The van der Waals surface area contributed by atoms with Gasteiger partial charge in [0.1, 0.15) is 5.75 Å². The van der Waals surface area contributed by atoms with Gasteiger partial charge >= 0.3 is 0 Å². The van der Waals surface area contributed by atoms with Gasteiger partial charge < -0.3 is 4.74 Å². The molecular weight excluding hydrogens is 268 g/mol. The number of benzene rings is 2. The lowest BCUT2D eigenvalue weighted by molar-refractivity contribution is 0.414. The first kappa shape index (κ1) is 14.9. The zero-order chi connectivity index (χ0) is 14.5. The van der Waals surface area contributed by atoms with E-state index in [1.807, 2.05) is 24.3 Å². The largest absolute Gasteiger partial charge is 0.497 e. The summed E-state index contributed by atoms with van der Waals surface area (Å²) >= 11 is 1.73. The van der Waals surface area contributed by atoms with Crippen LogP contribution in [0.3, 0.4) is 0 Å². The minimum absolute atomic E-state index is 0.0236. The summed E-state index contributed by atoms with van der Waals surface area (Å²) in [6.45, 7) is 2.07. The van der Waals surface area contributed by atoms with Crippen molar-refractivity contribution in [1.82, 2.24) is 5.43 Å². The minimum atomic E-state index is -0.0236. The van der Waals surface area contributed by atoms with Crippen LogP contribution < -0.4 is 16.0 Å². The molecule has 2 aromatic rings. The molecule has 0 bridgehead atoms. The van der Waals surface area contributed by atoms with Crippen LogP contribution in [0.4, 0.5) is 0 Å². The van der Waals surface area contributed by atoms with E-state index in [0.29, 0.717) is 0 Å². The molecule has 0 aromatic heterocycles. The molecule has 0 aliphatic heterocycles. The molecule has 0 amide bonds. The lowest BCUT2D eigenvalue weighted by Crippen LogP contribution is -2.29. The van der Waals surface area contributed by atoms with Gasteiger partial charge in [0.2, 0.25) is 0 Å². The molecule has 0 aliphatic rings. The standard InChI is InChI=1S/C16H20N2OS/c1-11-10-12(19-2)8-9-13(11)16(18-17)14-6-4-5-7-15(14)20-3/h4-10,16,18H,17H2,1-3H3. The van der Waals surface area contributed by atoms with Crippen molar-refractivity contribution in [2.75, 3.05) is 13.4 Å². The van der Waals surface area contributed by atoms with Gasteiger partial charge in [0.25, 0.3) is 0 Å². The summed E-state index contributed by atoms with van der Waals surface area (Å²) in [6.07, 6.45) is 2.08. The van der Waals surface area contributed by atoms with Crippen molar-refractivity contribution in [2.45, 2.75) is 17.9 Å². The molecule has 2 aromatic carbocycles. The van der Waals surface area contributed by atoms with Crippen molar-refractivity contribution in [3.8, 4) is 5.75 Å². The van der Waals surface area contributed by atoms with E-state index in [4.69, 9.17) is 10.6 Å². The zero-order valence-corrected chi connectivity index (χ0v) is 12.8. The summed E-state index contributed by atoms with van der Waals surface area (Å²) in [7, 11) is 1.68. The van der Waals surface area contributed by atoms with Gasteiger partial charge in [-0.1, -0.05) is 24.3 Å². The van der Waals surface area contributed by atoms with E-state index in [1.54, 1.807) is 18.9 Å². The summed E-state index contributed by atoms with van der Waals surface area (Å²) < 4.78 is 5.26. The highest BCUT2D eigenvalue weighted by Gasteiger charge is 2.17. The van der Waals surface area contributed by atoms with Gasteiger partial charge in [0.15, 0.2) is 0 Å². The van der Waals surface area contributed by atoms with Crippen molar-refractivity contribution in [3.63, 3.8) is 0 Å². The van der Waals surface area contributed by atoms with Crippen molar-refractivity contribution >= 4 is 11.8 Å². The Balaban J connectivity index is 2.47. The number of ether oxygens (including phenoxy) is 1. The summed E-state index contributed by atoms with van der Waals surface area (Å²) in [5, 5.41) is 0. The Labute approximate surface area is 124 Å². The van der Waals surface area contributed by atoms with E-state index in [1.165, 1.54) is 10.5 Å². The Morgan fingerprint density at radius 3 is 2.50 bits per heavy atom. The van der Waals surface area contributed by atoms with Crippen LogP contribution in [0.15, 0.2) is 47.4 Å². The van der Waals surface area contributed by atoms with E-state index in [0.717, 1.165) is 16.9 Å². The monoisotopic (exact) mass is 288 g/mol. The molecular formula is C16H20N2OS. The Kier molecular flexibility index (Phi) is 5.06. The summed E-state index contributed by atoms with van der Waals surface area (Å²) in [6, 6.07) is 14.3. The van der Waals surface area contributed by atoms with Gasteiger partial charge in [-0.05, 0) is 48.1 Å². The molecule has 20 heavy (non-hydrogen) atoms. The third-order valence-corrected chi connectivity index (χ3v) is 4.22. The number of aryl methyl sites for hydroxylation is 1. The van der Waals surface area contributed by atoms with Crippen LogP contribution in [-0.2, 0) is 0 Å². The second-order valence-electron chi connectivity index (χ2n) is 4.56. The Morgan fingerprint density at radius 1 is 1.15 bits per heavy atom. The normalized spacial score (nSPS) is 12.2. The van der Waals surface area contributed by atoms with Gasteiger partial charge in [0.05, 0.1) is 13.2 Å². The first-order valence-electron chi connectivity index (χ1n) is 6.44. The molecule has 3 N–H and O–H groups in total. The predicted octanol–water partition coefficient (Wildman–Crippen LogP) is 3.28. The Morgan fingerprint density at radius 2 is 1.90 bits per heavy atom. The lowest BCUT2D eigenvalue weighted by atomic mass is 9.95. The van der Waals surface area contributed by atoms with Gasteiger partial charge in [0, 0.05) is 4.90 Å². The second kappa shape index (κ2) is 6.79. The fourth-order valence-electron chi connectivity index (χ4n) is 2.35. The third kappa shape index (κ3) is 2.98. The molecule has 0 radical (unpaired) electrons. The average Bonchev–Trinajstić information content (AvgIpc) is 2.50. The number of hydrogen-bond acceptors (Lipinski definition) is 4. The van der Waals surface area contributed by atoms with Crippen molar-refractivity contribution < 1.29 is 4.74 Å². The van der Waals surface area contributed by atoms with Crippen LogP contribution >= 0.6 is 11.8 Å². The summed E-state index contributed by atoms with van der Waals surface area (Å²) in [5.41, 5.74) is 6.44. The quantitative estimate of drug-likeness (QED) is 0.503. The molecule has 0 saturated heterocycles. The number of thioether (sulfide) groups is 1. The lowest BCUT2D eigenvalue weighted by Gasteiger charge is -2.21. The van der Waals surface area contributed by atoms with Crippen LogP contribution in [-0.4, -0.2) is 13.4 Å². The van der Waals surface area contributed by atoms with Crippen molar-refractivity contribution in [2.24, 2.45) is 5.84 Å². The number of methoxy groups -OCH3 is 1. The maximum absolute atomic E-state index is 5.81. The molecule has 0 heterocycles. The molecule has 1 atom stereocenters. The maximum Gasteiger partial charge on any atom is 0.119 e. The number of hydrazine groups is 1. The fourth-order valence-corrected chi connectivity index (χ4v) is 2.99. The first-order valence-corrected chi connectivity index (χ1v) is 7.67. The van der Waals surface area contributed by atoms with Crippen LogP contribution in [0, 0.1) is 6.92 Å². The molecule has 2 rings (SSSR count). The number of nitrogens with one attached hydrogen (secondary N) is 1. The van der Waals surface area contributed by atoms with Gasteiger partial charge in [-0.3, -0.25) is 5.84 Å². The SMILES string of the molecule is COc1ccc(C(NN)c2ccccc2SC)c(C)c1. The topological polar surface area (TPSA) is 47.3 Å². The smallest absolute Gasteiger partial charge is 0.119 e. The Hall–Kier alpha value is -1.49. The number of rotatable bonds is 5. The Bertz CT molecular complexity index is 586. The minimum Gasteiger partial charge on any atom is -0.497 e. The zero-order valence-electron chi connectivity index (χ0n) is 12.0. The van der Waals surface area contributed by atoms with Crippen molar-refractivity contribution in [3.05, 3.63) is 59.2 Å². The molecule has 0 saturated carbocycles. The van der Waals surface area contributed by atoms with E-state index in [-0.39, 0.29) is 6.04 Å². The van der Waals surface area contributed by atoms with Crippen LogP contribution in [0.2, 0.25) is 0 Å². The van der Waals surface area contributed by atoms with E-state index >= 15 is 0 Å².